The number of aryl methyl sites for hydroxylation is 2. The molecule has 2 atom stereocenters. The van der Waals surface area contributed by atoms with E-state index >= 15 is 0 Å². The van der Waals surface area contributed by atoms with Gasteiger partial charge in [-0.3, -0.25) is 9.59 Å². The van der Waals surface area contributed by atoms with Crippen LogP contribution in [0.2, 0.25) is 0 Å². The lowest BCUT2D eigenvalue weighted by molar-refractivity contribution is -0.147. The number of carboxylic acids is 1. The quantitative estimate of drug-likeness (QED) is 0.816. The third kappa shape index (κ3) is 3.07. The van der Waals surface area contributed by atoms with E-state index in [4.69, 9.17) is 9.52 Å². The van der Waals surface area contributed by atoms with Gasteiger partial charge in [0.25, 0.3) is 0 Å². The third-order valence-corrected chi connectivity index (χ3v) is 3.57. The monoisotopic (exact) mass is 278 g/mol. The van der Waals surface area contributed by atoms with Gasteiger partial charge in [-0.25, -0.2) is 4.98 Å². The molecule has 1 aliphatic rings. The molecule has 1 aromatic heterocycles. The van der Waals surface area contributed by atoms with Gasteiger partial charge in [0.15, 0.2) is 0 Å². The van der Waals surface area contributed by atoms with Crippen LogP contribution in [-0.4, -0.2) is 22.0 Å². The zero-order valence-electron chi connectivity index (χ0n) is 11.5. The van der Waals surface area contributed by atoms with Crippen molar-refractivity contribution in [3.63, 3.8) is 0 Å². The van der Waals surface area contributed by atoms with Gasteiger partial charge < -0.3 is 14.8 Å². The number of aliphatic carboxylic acids is 1. The van der Waals surface area contributed by atoms with Crippen molar-refractivity contribution in [2.75, 3.05) is 0 Å². The van der Waals surface area contributed by atoms with Crippen LogP contribution >= 0.6 is 0 Å². The van der Waals surface area contributed by atoms with E-state index in [0.717, 1.165) is 11.5 Å². The molecule has 0 saturated heterocycles. The van der Waals surface area contributed by atoms with Gasteiger partial charge in [-0.1, -0.05) is 12.2 Å². The maximum Gasteiger partial charge on any atom is 0.307 e. The van der Waals surface area contributed by atoms with Crippen LogP contribution in [0.25, 0.3) is 0 Å². The maximum atomic E-state index is 12.1. The lowest BCUT2D eigenvalue weighted by Gasteiger charge is -2.23. The van der Waals surface area contributed by atoms with Gasteiger partial charge in [0.2, 0.25) is 11.8 Å². The second-order valence-corrected chi connectivity index (χ2v) is 4.96. The van der Waals surface area contributed by atoms with Crippen LogP contribution in [-0.2, 0) is 16.1 Å². The Morgan fingerprint density at radius 3 is 2.55 bits per heavy atom. The number of hydrogen-bond donors (Lipinski definition) is 2. The van der Waals surface area contributed by atoms with Crippen molar-refractivity contribution >= 4 is 11.9 Å². The number of carbonyl (C=O) groups is 2. The fourth-order valence-corrected chi connectivity index (χ4v) is 2.29. The highest BCUT2D eigenvalue weighted by Gasteiger charge is 2.33. The van der Waals surface area contributed by atoms with Crippen molar-refractivity contribution in [3.05, 3.63) is 29.5 Å². The van der Waals surface area contributed by atoms with Gasteiger partial charge in [0, 0.05) is 0 Å². The van der Waals surface area contributed by atoms with E-state index < -0.39 is 17.8 Å². The first-order valence-electron chi connectivity index (χ1n) is 6.57. The van der Waals surface area contributed by atoms with Crippen molar-refractivity contribution in [1.82, 2.24) is 10.3 Å². The Morgan fingerprint density at radius 1 is 1.35 bits per heavy atom. The molecule has 0 spiro atoms. The Morgan fingerprint density at radius 2 is 2.00 bits per heavy atom. The molecule has 0 fully saturated rings. The van der Waals surface area contributed by atoms with E-state index in [0.29, 0.717) is 18.7 Å². The van der Waals surface area contributed by atoms with Crippen molar-refractivity contribution in [3.8, 4) is 0 Å². The summed E-state index contributed by atoms with van der Waals surface area (Å²) in [5, 5.41) is 11.8. The Hall–Kier alpha value is -2.11. The van der Waals surface area contributed by atoms with Crippen LogP contribution in [0.5, 0.6) is 0 Å². The van der Waals surface area contributed by atoms with Gasteiger partial charge in [-0.2, -0.15) is 0 Å². The minimum Gasteiger partial charge on any atom is -0.481 e. The molecule has 1 amide bonds. The molecule has 108 valence electrons. The molecular formula is C14H18N2O4. The van der Waals surface area contributed by atoms with Crippen LogP contribution in [0.4, 0.5) is 0 Å². The Balaban J connectivity index is 1.97. The molecule has 0 radical (unpaired) electrons. The molecule has 0 bridgehead atoms. The van der Waals surface area contributed by atoms with E-state index in [-0.39, 0.29) is 12.5 Å². The standard InChI is InChI=1S/C14H18N2O4/c1-8-9(2)20-12(16-8)7-15-13(17)10-5-3-4-6-11(10)14(18)19/h3-4,10-11H,5-7H2,1-2H3,(H,15,17)(H,18,19). The second-order valence-electron chi connectivity index (χ2n) is 4.96. The molecule has 0 saturated carbocycles. The van der Waals surface area contributed by atoms with Gasteiger partial charge in [-0.05, 0) is 26.7 Å². The third-order valence-electron chi connectivity index (χ3n) is 3.57. The first-order chi connectivity index (χ1) is 9.49. The lowest BCUT2D eigenvalue weighted by Crippen LogP contribution is -2.38. The highest BCUT2D eigenvalue weighted by Crippen LogP contribution is 2.26. The number of hydrogen-bond acceptors (Lipinski definition) is 4. The number of carboxylic acid groups (broad SMARTS) is 1. The Bertz CT molecular complexity index is 528. The van der Waals surface area contributed by atoms with Crippen molar-refractivity contribution < 1.29 is 19.1 Å². The number of oxazole rings is 1. The highest BCUT2D eigenvalue weighted by molar-refractivity contribution is 5.85. The zero-order chi connectivity index (χ0) is 14.7. The predicted molar refractivity (Wildman–Crippen MR) is 70.8 cm³/mol. The number of rotatable bonds is 4. The van der Waals surface area contributed by atoms with E-state index in [2.05, 4.69) is 10.3 Å². The van der Waals surface area contributed by atoms with Crippen molar-refractivity contribution in [1.29, 1.82) is 0 Å². The van der Waals surface area contributed by atoms with Crippen LogP contribution in [0.3, 0.4) is 0 Å². The molecule has 1 aliphatic carbocycles. The van der Waals surface area contributed by atoms with Crippen LogP contribution < -0.4 is 5.32 Å². The Kier molecular flexibility index (Phi) is 4.22. The lowest BCUT2D eigenvalue weighted by atomic mass is 9.82. The van der Waals surface area contributed by atoms with Crippen LogP contribution in [0, 0.1) is 25.7 Å². The van der Waals surface area contributed by atoms with E-state index in [1.807, 2.05) is 19.1 Å². The molecule has 6 heteroatoms. The molecule has 1 heterocycles. The number of amides is 1. The summed E-state index contributed by atoms with van der Waals surface area (Å²) in [5.74, 6) is -1.24. The number of nitrogens with one attached hydrogen (secondary N) is 1. The number of allylic oxidation sites excluding steroid dienone is 2. The summed E-state index contributed by atoms with van der Waals surface area (Å²) in [5.41, 5.74) is 0.790. The topological polar surface area (TPSA) is 92.4 Å². The predicted octanol–water partition coefficient (Wildman–Crippen LogP) is 1.57. The largest absolute Gasteiger partial charge is 0.481 e. The minimum absolute atomic E-state index is 0.181. The SMILES string of the molecule is Cc1nc(CNC(=O)C2CC=CCC2C(=O)O)oc1C. The number of nitrogens with zero attached hydrogens (tertiary/aromatic N) is 1. The van der Waals surface area contributed by atoms with E-state index in [1.54, 1.807) is 6.92 Å². The van der Waals surface area contributed by atoms with Crippen molar-refractivity contribution in [2.45, 2.75) is 33.2 Å². The van der Waals surface area contributed by atoms with Crippen molar-refractivity contribution in [2.24, 2.45) is 11.8 Å². The molecule has 2 unspecified atom stereocenters. The minimum atomic E-state index is -0.933. The van der Waals surface area contributed by atoms with Crippen LogP contribution in [0.15, 0.2) is 16.6 Å². The molecule has 0 aromatic carbocycles. The fraction of sp³-hybridized carbons (Fsp3) is 0.500. The smallest absolute Gasteiger partial charge is 0.307 e. The summed E-state index contributed by atoms with van der Waals surface area (Å²) in [6, 6.07) is 0. The van der Waals surface area contributed by atoms with Crippen LogP contribution in [0.1, 0.15) is 30.2 Å². The molecule has 2 rings (SSSR count). The molecule has 2 N–H and O–H groups in total. The molecular weight excluding hydrogens is 260 g/mol. The summed E-state index contributed by atoms with van der Waals surface area (Å²) in [7, 11) is 0. The molecule has 6 nitrogen and oxygen atoms in total. The zero-order valence-corrected chi connectivity index (χ0v) is 11.5. The first-order valence-corrected chi connectivity index (χ1v) is 6.57. The normalized spacial score (nSPS) is 21.7. The van der Waals surface area contributed by atoms with Gasteiger partial charge >= 0.3 is 5.97 Å². The summed E-state index contributed by atoms with van der Waals surface area (Å²) < 4.78 is 5.37. The average Bonchev–Trinajstić information content (AvgIpc) is 2.75. The molecule has 0 aliphatic heterocycles. The van der Waals surface area contributed by atoms with E-state index in [1.165, 1.54) is 0 Å². The van der Waals surface area contributed by atoms with Gasteiger partial charge in [0.1, 0.15) is 5.76 Å². The molecule has 1 aromatic rings. The summed E-state index contributed by atoms with van der Waals surface area (Å²) in [4.78, 5) is 27.4. The Labute approximate surface area is 116 Å². The second kappa shape index (κ2) is 5.90. The summed E-state index contributed by atoms with van der Waals surface area (Å²) in [6.07, 6.45) is 4.50. The number of aromatic nitrogens is 1. The summed E-state index contributed by atoms with van der Waals surface area (Å²) >= 11 is 0. The summed E-state index contributed by atoms with van der Waals surface area (Å²) in [6.45, 7) is 3.82. The average molecular weight is 278 g/mol. The number of carbonyl (C=O) groups excluding carboxylic acids is 1. The first kappa shape index (κ1) is 14.3. The maximum absolute atomic E-state index is 12.1. The van der Waals surface area contributed by atoms with Gasteiger partial charge in [0.05, 0.1) is 24.1 Å². The van der Waals surface area contributed by atoms with Gasteiger partial charge in [-0.15, -0.1) is 0 Å². The van der Waals surface area contributed by atoms with E-state index in [9.17, 15) is 9.59 Å². The highest BCUT2D eigenvalue weighted by atomic mass is 16.4. The molecule has 20 heavy (non-hydrogen) atoms. The fourth-order valence-electron chi connectivity index (χ4n) is 2.29.